The van der Waals surface area contributed by atoms with Crippen LogP contribution in [-0.2, 0) is 0 Å². The van der Waals surface area contributed by atoms with Gasteiger partial charge in [0.25, 0.3) is 5.69 Å². The Hall–Kier alpha value is -2.94. The minimum atomic E-state index is -0.272. The van der Waals surface area contributed by atoms with Gasteiger partial charge in [0.2, 0.25) is 0 Å². The molecule has 0 aliphatic heterocycles. The Morgan fingerprint density at radius 3 is 2.14 bits per heavy atom. The fraction of sp³-hybridized carbons (Fsp3) is 0.0526. The van der Waals surface area contributed by atoms with Gasteiger partial charge in [-0.3, -0.25) is 10.1 Å². The van der Waals surface area contributed by atoms with Crippen LogP contribution in [-0.4, -0.2) is 4.92 Å². The second-order valence-corrected chi connectivity index (χ2v) is 5.49. The molecule has 0 saturated carbocycles. The van der Waals surface area contributed by atoms with Gasteiger partial charge in [-0.1, -0.05) is 54.6 Å². The first-order chi connectivity index (χ1) is 10.7. The Morgan fingerprint density at radius 1 is 0.773 bits per heavy atom. The monoisotopic (exact) mass is 287 g/mol. The molecule has 3 nitrogen and oxygen atoms in total. The summed E-state index contributed by atoms with van der Waals surface area (Å²) in [4.78, 5) is 11.3. The summed E-state index contributed by atoms with van der Waals surface area (Å²) in [6, 6.07) is 19.8. The average Bonchev–Trinajstić information content (AvgIpc) is 2.54. The summed E-state index contributed by atoms with van der Waals surface area (Å²) in [5.41, 5.74) is 0.933. The van der Waals surface area contributed by atoms with Crippen molar-refractivity contribution in [1.29, 1.82) is 0 Å². The van der Waals surface area contributed by atoms with Crippen molar-refractivity contribution < 1.29 is 4.92 Å². The van der Waals surface area contributed by atoms with Crippen LogP contribution in [0, 0.1) is 17.0 Å². The van der Waals surface area contributed by atoms with E-state index in [0.29, 0.717) is 5.39 Å². The third-order valence-corrected chi connectivity index (χ3v) is 4.32. The lowest BCUT2D eigenvalue weighted by Gasteiger charge is -2.11. The first kappa shape index (κ1) is 12.8. The first-order valence-electron chi connectivity index (χ1n) is 7.15. The molecule has 22 heavy (non-hydrogen) atoms. The van der Waals surface area contributed by atoms with Gasteiger partial charge in [0.1, 0.15) is 0 Å². The number of hydrogen-bond donors (Lipinski definition) is 0. The third kappa shape index (κ3) is 1.62. The molecule has 3 heteroatoms. The van der Waals surface area contributed by atoms with Gasteiger partial charge >= 0.3 is 0 Å². The van der Waals surface area contributed by atoms with Crippen molar-refractivity contribution in [2.45, 2.75) is 6.92 Å². The molecule has 0 radical (unpaired) electrons. The molecule has 0 atom stereocenters. The highest BCUT2D eigenvalue weighted by molar-refractivity contribution is 6.23. The van der Waals surface area contributed by atoms with Gasteiger partial charge in [-0.15, -0.1) is 0 Å². The van der Waals surface area contributed by atoms with Crippen LogP contribution in [0.15, 0.2) is 60.7 Å². The lowest BCUT2D eigenvalue weighted by molar-refractivity contribution is -0.383. The number of hydrogen-bond acceptors (Lipinski definition) is 2. The zero-order valence-corrected chi connectivity index (χ0v) is 12.0. The Kier molecular flexibility index (Phi) is 2.63. The van der Waals surface area contributed by atoms with Crippen LogP contribution < -0.4 is 0 Å². The van der Waals surface area contributed by atoms with Gasteiger partial charge in [-0.2, -0.15) is 0 Å². The van der Waals surface area contributed by atoms with E-state index in [9.17, 15) is 10.1 Å². The topological polar surface area (TPSA) is 43.1 Å². The average molecular weight is 287 g/mol. The van der Waals surface area contributed by atoms with Crippen molar-refractivity contribution in [1.82, 2.24) is 0 Å². The SMILES string of the molecule is Cc1c([N+](=O)[O-])c2ccccc2c2c1ccc1ccccc12. The predicted molar refractivity (Wildman–Crippen MR) is 90.4 cm³/mol. The van der Waals surface area contributed by atoms with Crippen LogP contribution in [0.2, 0.25) is 0 Å². The standard InChI is InChI=1S/C19H13NO2/c1-12-14-11-10-13-6-2-3-7-15(13)18(14)16-8-4-5-9-17(16)19(12)20(21)22/h2-11H,1H3. The van der Waals surface area contributed by atoms with E-state index in [1.54, 1.807) is 0 Å². The van der Waals surface area contributed by atoms with E-state index in [4.69, 9.17) is 0 Å². The number of rotatable bonds is 1. The third-order valence-electron chi connectivity index (χ3n) is 4.32. The largest absolute Gasteiger partial charge is 0.280 e. The zero-order valence-electron chi connectivity index (χ0n) is 12.0. The summed E-state index contributed by atoms with van der Waals surface area (Å²) in [7, 11) is 0. The highest BCUT2D eigenvalue weighted by Crippen LogP contribution is 2.40. The molecule has 0 aromatic heterocycles. The molecule has 0 N–H and O–H groups in total. The minimum absolute atomic E-state index is 0.207. The normalized spacial score (nSPS) is 11.3. The van der Waals surface area contributed by atoms with Crippen LogP contribution in [0.4, 0.5) is 5.69 Å². The number of nitro benzene ring substituents is 1. The lowest BCUT2D eigenvalue weighted by Crippen LogP contribution is -1.95. The molecule has 0 fully saturated rings. The molecule has 0 bridgehead atoms. The maximum atomic E-state index is 11.5. The maximum Gasteiger partial charge on any atom is 0.280 e. The molecule has 0 aliphatic carbocycles. The van der Waals surface area contributed by atoms with E-state index >= 15 is 0 Å². The smallest absolute Gasteiger partial charge is 0.258 e. The summed E-state index contributed by atoms with van der Waals surface area (Å²) in [6.45, 7) is 1.84. The van der Waals surface area contributed by atoms with Crippen LogP contribution in [0.25, 0.3) is 32.3 Å². The summed E-state index contributed by atoms with van der Waals surface area (Å²) in [6.07, 6.45) is 0. The van der Waals surface area contributed by atoms with Crippen LogP contribution in [0.3, 0.4) is 0 Å². The molecule has 106 valence electrons. The molecular formula is C19H13NO2. The van der Waals surface area contributed by atoms with Crippen molar-refractivity contribution in [3.8, 4) is 0 Å². The fourth-order valence-corrected chi connectivity index (χ4v) is 3.35. The van der Waals surface area contributed by atoms with Gasteiger partial charge in [0, 0.05) is 5.56 Å². The van der Waals surface area contributed by atoms with Crippen molar-refractivity contribution >= 4 is 38.0 Å². The molecule has 0 heterocycles. The molecule has 0 amide bonds. The maximum absolute atomic E-state index is 11.5. The van der Waals surface area contributed by atoms with Crippen molar-refractivity contribution in [3.05, 3.63) is 76.3 Å². The number of fused-ring (bicyclic) bond motifs is 5. The lowest BCUT2D eigenvalue weighted by atomic mass is 9.92. The zero-order chi connectivity index (χ0) is 15.3. The Morgan fingerprint density at radius 2 is 1.41 bits per heavy atom. The number of benzene rings is 4. The van der Waals surface area contributed by atoms with Gasteiger partial charge < -0.3 is 0 Å². The van der Waals surface area contributed by atoms with Crippen molar-refractivity contribution in [2.24, 2.45) is 0 Å². The molecular weight excluding hydrogens is 274 g/mol. The quantitative estimate of drug-likeness (QED) is 0.268. The van der Waals surface area contributed by atoms with Gasteiger partial charge in [0.05, 0.1) is 10.3 Å². The molecule has 4 rings (SSSR count). The summed E-state index contributed by atoms with van der Waals surface area (Å²) < 4.78 is 0. The number of nitrogens with zero attached hydrogens (tertiary/aromatic N) is 1. The molecule has 0 unspecified atom stereocenters. The predicted octanol–water partition coefficient (Wildman–Crippen LogP) is 5.36. The highest BCUT2D eigenvalue weighted by Gasteiger charge is 2.20. The van der Waals surface area contributed by atoms with E-state index in [1.807, 2.05) is 55.5 Å². The highest BCUT2D eigenvalue weighted by atomic mass is 16.6. The van der Waals surface area contributed by atoms with Crippen LogP contribution >= 0.6 is 0 Å². The Bertz CT molecular complexity index is 1070. The molecule has 0 saturated heterocycles. The molecule has 0 spiro atoms. The first-order valence-corrected chi connectivity index (χ1v) is 7.15. The minimum Gasteiger partial charge on any atom is -0.258 e. The Balaban J connectivity index is 2.39. The summed E-state index contributed by atoms with van der Waals surface area (Å²) >= 11 is 0. The van der Waals surface area contributed by atoms with E-state index < -0.39 is 0 Å². The van der Waals surface area contributed by atoms with Crippen molar-refractivity contribution in [2.75, 3.05) is 0 Å². The fourth-order valence-electron chi connectivity index (χ4n) is 3.35. The second kappa shape index (κ2) is 4.53. The van der Waals surface area contributed by atoms with E-state index in [1.165, 1.54) is 0 Å². The number of aryl methyl sites for hydroxylation is 1. The van der Waals surface area contributed by atoms with Crippen LogP contribution in [0.1, 0.15) is 5.56 Å². The number of nitro groups is 1. The molecule has 0 aliphatic rings. The Labute approximate surface area is 126 Å². The van der Waals surface area contributed by atoms with Crippen molar-refractivity contribution in [3.63, 3.8) is 0 Å². The van der Waals surface area contributed by atoms with Gasteiger partial charge in [0.15, 0.2) is 0 Å². The van der Waals surface area contributed by atoms with Crippen LogP contribution in [0.5, 0.6) is 0 Å². The summed E-state index contributed by atoms with van der Waals surface area (Å²) in [5.74, 6) is 0. The van der Waals surface area contributed by atoms with E-state index in [-0.39, 0.29) is 10.6 Å². The van der Waals surface area contributed by atoms with E-state index in [2.05, 4.69) is 12.1 Å². The molecule has 4 aromatic carbocycles. The molecule has 4 aromatic rings. The second-order valence-electron chi connectivity index (χ2n) is 5.49. The summed E-state index contributed by atoms with van der Waals surface area (Å²) in [5, 5.41) is 17.5. The van der Waals surface area contributed by atoms with Gasteiger partial charge in [-0.05, 0) is 39.9 Å². The van der Waals surface area contributed by atoms with Gasteiger partial charge in [-0.25, -0.2) is 0 Å². The van der Waals surface area contributed by atoms with E-state index in [0.717, 1.165) is 32.5 Å².